The fourth-order valence-electron chi connectivity index (χ4n) is 4.23. The van der Waals surface area contributed by atoms with E-state index in [1.165, 1.54) is 23.3 Å². The lowest BCUT2D eigenvalue weighted by molar-refractivity contribution is -0.149. The molecule has 2 aliphatic rings. The molecule has 1 N–H and O–H groups in total. The normalized spacial score (nSPS) is 14.3. The van der Waals surface area contributed by atoms with E-state index < -0.39 is 0 Å². The highest BCUT2D eigenvalue weighted by Gasteiger charge is 2.22. The molecule has 1 aliphatic carbocycles. The first kappa shape index (κ1) is 22.9. The van der Waals surface area contributed by atoms with Gasteiger partial charge in [-0.2, -0.15) is 0 Å². The molecule has 1 aromatic carbocycles. The Balaban J connectivity index is 1.33. The van der Waals surface area contributed by atoms with Crippen molar-refractivity contribution in [3.63, 3.8) is 0 Å². The van der Waals surface area contributed by atoms with Crippen molar-refractivity contribution in [2.75, 3.05) is 25.3 Å². The van der Waals surface area contributed by atoms with Crippen LogP contribution in [0, 0.1) is 0 Å². The summed E-state index contributed by atoms with van der Waals surface area (Å²) in [6.07, 6.45) is 6.38. The zero-order valence-corrected chi connectivity index (χ0v) is 20.2. The molecular formula is C25H29N3O5S. The topological polar surface area (TPSA) is 91.8 Å². The summed E-state index contributed by atoms with van der Waals surface area (Å²) in [5.41, 5.74) is 2.44. The average molecular weight is 484 g/mol. The number of carbonyl (C=O) groups excluding carboxylic acids is 1. The van der Waals surface area contributed by atoms with Crippen LogP contribution >= 0.6 is 11.3 Å². The van der Waals surface area contributed by atoms with Crippen LogP contribution < -0.4 is 14.8 Å². The molecule has 0 saturated carbocycles. The van der Waals surface area contributed by atoms with Gasteiger partial charge in [0.15, 0.2) is 17.3 Å². The molecule has 0 atom stereocenters. The van der Waals surface area contributed by atoms with Gasteiger partial charge in [0.25, 0.3) is 0 Å². The smallest absolute Gasteiger partial charge is 0.332 e. The number of esters is 1. The summed E-state index contributed by atoms with van der Waals surface area (Å²) in [5, 5.41) is 4.63. The molecule has 180 valence electrons. The van der Waals surface area contributed by atoms with E-state index >= 15 is 0 Å². The van der Waals surface area contributed by atoms with Gasteiger partial charge in [-0.15, -0.1) is 11.3 Å². The summed E-state index contributed by atoms with van der Waals surface area (Å²) < 4.78 is 21.7. The van der Waals surface area contributed by atoms with Gasteiger partial charge in [0.1, 0.15) is 23.9 Å². The largest absolute Gasteiger partial charge is 0.464 e. The third kappa shape index (κ3) is 5.10. The lowest BCUT2D eigenvalue weighted by atomic mass is 9.97. The molecule has 0 saturated heterocycles. The maximum atomic E-state index is 11.8. The van der Waals surface area contributed by atoms with Crippen molar-refractivity contribution in [2.24, 2.45) is 0 Å². The maximum absolute atomic E-state index is 11.8. The predicted molar refractivity (Wildman–Crippen MR) is 129 cm³/mol. The number of carbonyl (C=O) groups is 1. The highest BCUT2D eigenvalue weighted by Crippen LogP contribution is 2.39. The fourth-order valence-corrected chi connectivity index (χ4v) is 5.51. The third-order valence-corrected chi connectivity index (χ3v) is 7.16. The Morgan fingerprint density at radius 3 is 2.97 bits per heavy atom. The SMILES string of the molecule is CCCCOC(=O)COCc1nc(NCc2ccc3c(c2)OCO3)c2c3c(sc2n1)CCCC3. The first-order valence-corrected chi connectivity index (χ1v) is 12.7. The van der Waals surface area contributed by atoms with Gasteiger partial charge in [-0.25, -0.2) is 14.8 Å². The van der Waals surface area contributed by atoms with E-state index in [0.717, 1.165) is 58.8 Å². The number of hydrogen-bond donors (Lipinski definition) is 1. The van der Waals surface area contributed by atoms with E-state index in [4.69, 9.17) is 28.9 Å². The minimum Gasteiger partial charge on any atom is -0.464 e. The molecule has 8 nitrogen and oxygen atoms in total. The molecule has 0 spiro atoms. The maximum Gasteiger partial charge on any atom is 0.332 e. The number of aryl methyl sites for hydroxylation is 2. The van der Waals surface area contributed by atoms with Crippen LogP contribution in [0.3, 0.4) is 0 Å². The van der Waals surface area contributed by atoms with E-state index in [0.29, 0.717) is 19.0 Å². The van der Waals surface area contributed by atoms with Gasteiger partial charge < -0.3 is 24.3 Å². The summed E-state index contributed by atoms with van der Waals surface area (Å²) >= 11 is 1.74. The number of fused-ring (bicyclic) bond motifs is 4. The highest BCUT2D eigenvalue weighted by atomic mass is 32.1. The molecule has 0 bridgehead atoms. The van der Waals surface area contributed by atoms with Gasteiger partial charge in [-0.1, -0.05) is 19.4 Å². The molecule has 3 aromatic rings. The molecule has 0 unspecified atom stereocenters. The second kappa shape index (κ2) is 10.6. The Kier molecular flexibility index (Phi) is 7.10. The fraction of sp³-hybridized carbons (Fsp3) is 0.480. The molecule has 0 radical (unpaired) electrons. The van der Waals surface area contributed by atoms with Gasteiger partial charge in [0.2, 0.25) is 6.79 Å². The van der Waals surface area contributed by atoms with Crippen molar-refractivity contribution in [3.8, 4) is 11.5 Å². The molecule has 9 heteroatoms. The second-order valence-electron chi connectivity index (χ2n) is 8.49. The van der Waals surface area contributed by atoms with Gasteiger partial charge >= 0.3 is 5.97 Å². The number of nitrogens with zero attached hydrogens (tertiary/aromatic N) is 2. The van der Waals surface area contributed by atoms with Crippen molar-refractivity contribution < 1.29 is 23.7 Å². The average Bonchev–Trinajstić information content (AvgIpc) is 3.46. The summed E-state index contributed by atoms with van der Waals surface area (Å²) in [6, 6.07) is 5.95. The number of unbranched alkanes of at least 4 members (excludes halogenated alkanes) is 1. The van der Waals surface area contributed by atoms with E-state index in [2.05, 4.69) is 12.2 Å². The lowest BCUT2D eigenvalue weighted by Gasteiger charge is -2.14. The first-order chi connectivity index (χ1) is 16.7. The number of hydrogen-bond acceptors (Lipinski definition) is 9. The van der Waals surface area contributed by atoms with Crippen LogP contribution in [0.5, 0.6) is 11.5 Å². The Hall–Kier alpha value is -2.91. The Bertz CT molecular complexity index is 1180. The van der Waals surface area contributed by atoms with Crippen molar-refractivity contribution in [1.29, 1.82) is 0 Å². The molecule has 0 fully saturated rings. The number of aromatic nitrogens is 2. The minimum atomic E-state index is -0.359. The van der Waals surface area contributed by atoms with Crippen LogP contribution in [0.1, 0.15) is 54.4 Å². The summed E-state index contributed by atoms with van der Waals surface area (Å²) in [7, 11) is 0. The van der Waals surface area contributed by atoms with Gasteiger partial charge in [0.05, 0.1) is 12.0 Å². The Morgan fingerprint density at radius 2 is 2.06 bits per heavy atom. The minimum absolute atomic E-state index is 0.105. The second-order valence-corrected chi connectivity index (χ2v) is 9.57. The van der Waals surface area contributed by atoms with E-state index in [9.17, 15) is 4.79 Å². The standard InChI is InChI=1S/C25H29N3O5S/c1-2-3-10-31-22(29)14-30-13-21-27-24(23-17-6-4-5-7-20(17)34-25(23)28-21)26-12-16-8-9-18-19(11-16)33-15-32-18/h8-9,11H,2-7,10,12-15H2,1H3,(H,26,27,28). The Labute approximate surface area is 202 Å². The van der Waals surface area contributed by atoms with Crippen molar-refractivity contribution >= 4 is 33.3 Å². The van der Waals surface area contributed by atoms with Crippen LogP contribution in [0.25, 0.3) is 10.2 Å². The first-order valence-electron chi connectivity index (χ1n) is 11.9. The highest BCUT2D eigenvalue weighted by molar-refractivity contribution is 7.19. The molecule has 1 aliphatic heterocycles. The number of ether oxygens (including phenoxy) is 4. The van der Waals surface area contributed by atoms with Crippen molar-refractivity contribution in [3.05, 3.63) is 40.0 Å². The van der Waals surface area contributed by atoms with Crippen LogP contribution in [0.15, 0.2) is 18.2 Å². The predicted octanol–water partition coefficient (Wildman–Crippen LogP) is 4.77. The zero-order valence-electron chi connectivity index (χ0n) is 19.4. The number of anilines is 1. The van der Waals surface area contributed by atoms with Crippen LogP contribution in [-0.4, -0.2) is 35.9 Å². The molecule has 2 aromatic heterocycles. The van der Waals surface area contributed by atoms with E-state index in [-0.39, 0.29) is 26.0 Å². The quantitative estimate of drug-likeness (QED) is 0.326. The van der Waals surface area contributed by atoms with Crippen molar-refractivity contribution in [2.45, 2.75) is 58.6 Å². The monoisotopic (exact) mass is 483 g/mol. The molecule has 0 amide bonds. The van der Waals surface area contributed by atoms with E-state index in [1.54, 1.807) is 11.3 Å². The van der Waals surface area contributed by atoms with Gasteiger partial charge in [0, 0.05) is 11.4 Å². The van der Waals surface area contributed by atoms with E-state index in [1.807, 2.05) is 18.2 Å². The van der Waals surface area contributed by atoms with Crippen LogP contribution in [0.4, 0.5) is 5.82 Å². The summed E-state index contributed by atoms with van der Waals surface area (Å²) in [5.74, 6) is 2.54. The number of thiophene rings is 1. The van der Waals surface area contributed by atoms with Crippen LogP contribution in [-0.2, 0) is 40.3 Å². The molecular weight excluding hydrogens is 454 g/mol. The Morgan fingerprint density at radius 1 is 1.18 bits per heavy atom. The summed E-state index contributed by atoms with van der Waals surface area (Å²) in [6.45, 7) is 3.38. The molecule has 34 heavy (non-hydrogen) atoms. The number of rotatable bonds is 10. The van der Waals surface area contributed by atoms with Crippen LogP contribution in [0.2, 0.25) is 0 Å². The molecule has 5 rings (SSSR count). The summed E-state index contributed by atoms with van der Waals surface area (Å²) in [4.78, 5) is 23.8. The van der Waals surface area contributed by atoms with Gasteiger partial charge in [-0.05, 0) is 55.4 Å². The molecule has 3 heterocycles. The zero-order chi connectivity index (χ0) is 23.3. The lowest BCUT2D eigenvalue weighted by Crippen LogP contribution is -2.14. The number of benzene rings is 1. The van der Waals surface area contributed by atoms with Crippen molar-refractivity contribution in [1.82, 2.24) is 9.97 Å². The number of nitrogens with one attached hydrogen (secondary N) is 1. The third-order valence-electron chi connectivity index (χ3n) is 5.97. The van der Waals surface area contributed by atoms with Gasteiger partial charge in [-0.3, -0.25) is 0 Å².